The van der Waals surface area contributed by atoms with Gasteiger partial charge in [0.2, 0.25) is 0 Å². The lowest BCUT2D eigenvalue weighted by Crippen LogP contribution is -2.12. The van der Waals surface area contributed by atoms with Crippen LogP contribution in [0.2, 0.25) is 5.02 Å². The van der Waals surface area contributed by atoms with Crippen LogP contribution in [-0.2, 0) is 5.75 Å². The lowest BCUT2D eigenvalue weighted by molar-refractivity contribution is 0.102. The molecule has 0 aliphatic rings. The third kappa shape index (κ3) is 5.36. The van der Waals surface area contributed by atoms with E-state index in [0.29, 0.717) is 22.3 Å². The first-order valence-corrected chi connectivity index (χ1v) is 13.4. The number of hydrogen-bond acceptors (Lipinski definition) is 6. The average molecular weight is 532 g/mol. The maximum Gasteiger partial charge on any atom is 0.275 e. The van der Waals surface area contributed by atoms with Gasteiger partial charge in [-0.05, 0) is 50.2 Å². The van der Waals surface area contributed by atoms with Gasteiger partial charge in [-0.2, -0.15) is 0 Å². The van der Waals surface area contributed by atoms with Crippen LogP contribution in [0.3, 0.4) is 0 Å². The third-order valence-electron chi connectivity index (χ3n) is 5.46. The SMILES string of the molecule is Cc1ccc(NC(=O)c2csc(CSc3nnc(-c4ccccc4Cl)n3-c3ccc(C)cc3)n2)cc1. The molecule has 36 heavy (non-hydrogen) atoms. The highest BCUT2D eigenvalue weighted by molar-refractivity contribution is 7.98. The predicted octanol–water partition coefficient (Wildman–Crippen LogP) is 7.21. The van der Waals surface area contributed by atoms with Gasteiger partial charge in [-0.15, -0.1) is 21.5 Å². The molecule has 2 aromatic heterocycles. The van der Waals surface area contributed by atoms with Gasteiger partial charge in [0.25, 0.3) is 5.91 Å². The number of rotatable bonds is 7. The summed E-state index contributed by atoms with van der Waals surface area (Å²) in [5.74, 6) is 0.995. The highest BCUT2D eigenvalue weighted by atomic mass is 35.5. The number of thiazole rings is 1. The average Bonchev–Trinajstić information content (AvgIpc) is 3.52. The summed E-state index contributed by atoms with van der Waals surface area (Å²) < 4.78 is 2.00. The van der Waals surface area contributed by atoms with Gasteiger partial charge in [-0.25, -0.2) is 4.98 Å². The Morgan fingerprint density at radius 1 is 0.972 bits per heavy atom. The van der Waals surface area contributed by atoms with E-state index in [-0.39, 0.29) is 5.91 Å². The number of carbonyl (C=O) groups excluding carboxylic acids is 1. The lowest BCUT2D eigenvalue weighted by Gasteiger charge is -2.11. The van der Waals surface area contributed by atoms with Crippen molar-refractivity contribution in [2.75, 3.05) is 5.32 Å². The van der Waals surface area contributed by atoms with Crippen molar-refractivity contribution in [1.82, 2.24) is 19.7 Å². The summed E-state index contributed by atoms with van der Waals surface area (Å²) in [7, 11) is 0. The van der Waals surface area contributed by atoms with Crippen LogP contribution in [0.15, 0.2) is 83.3 Å². The number of aryl methyl sites for hydroxylation is 2. The molecule has 6 nitrogen and oxygen atoms in total. The van der Waals surface area contributed by atoms with Gasteiger partial charge in [-0.1, -0.05) is 70.9 Å². The highest BCUT2D eigenvalue weighted by Crippen LogP contribution is 2.33. The van der Waals surface area contributed by atoms with Crippen molar-refractivity contribution in [1.29, 1.82) is 0 Å². The Balaban J connectivity index is 1.37. The fraction of sp³-hybridized carbons (Fsp3) is 0.111. The van der Waals surface area contributed by atoms with Gasteiger partial charge in [0, 0.05) is 22.3 Å². The first kappa shape index (κ1) is 24.2. The van der Waals surface area contributed by atoms with Gasteiger partial charge in [0.15, 0.2) is 11.0 Å². The zero-order valence-electron chi connectivity index (χ0n) is 19.6. The second-order valence-corrected chi connectivity index (χ2v) is 10.5. The zero-order valence-corrected chi connectivity index (χ0v) is 22.0. The smallest absolute Gasteiger partial charge is 0.275 e. The minimum Gasteiger partial charge on any atom is -0.321 e. The Hall–Kier alpha value is -3.46. The molecule has 0 saturated carbocycles. The van der Waals surface area contributed by atoms with Crippen molar-refractivity contribution in [3.8, 4) is 17.1 Å². The van der Waals surface area contributed by atoms with Crippen LogP contribution in [0.5, 0.6) is 0 Å². The summed E-state index contributed by atoms with van der Waals surface area (Å²) in [4.78, 5) is 17.2. The molecule has 0 saturated heterocycles. The van der Waals surface area contributed by atoms with Gasteiger partial charge in [0.05, 0.1) is 10.8 Å². The fourth-order valence-electron chi connectivity index (χ4n) is 3.55. The van der Waals surface area contributed by atoms with Crippen molar-refractivity contribution in [3.63, 3.8) is 0 Å². The maximum atomic E-state index is 12.6. The summed E-state index contributed by atoms with van der Waals surface area (Å²) in [5, 5.41) is 15.8. The topological polar surface area (TPSA) is 72.7 Å². The first-order chi connectivity index (χ1) is 17.5. The standard InChI is InChI=1S/C27H22ClN5OS2/c1-17-7-11-19(12-8-17)29-26(34)23-15-35-24(30-23)16-36-27-32-31-25(21-5-3-4-6-22(21)28)33(27)20-13-9-18(2)10-14-20/h3-15H,16H2,1-2H3,(H,29,34). The highest BCUT2D eigenvalue weighted by Gasteiger charge is 2.19. The first-order valence-electron chi connectivity index (χ1n) is 11.2. The fourth-order valence-corrected chi connectivity index (χ4v) is 5.51. The van der Waals surface area contributed by atoms with Crippen molar-refractivity contribution in [2.24, 2.45) is 0 Å². The molecule has 5 rings (SSSR count). The molecule has 0 fully saturated rings. The molecule has 0 aliphatic carbocycles. The number of anilines is 1. The Bertz CT molecular complexity index is 1510. The van der Waals surface area contributed by atoms with Gasteiger partial charge >= 0.3 is 0 Å². The zero-order chi connectivity index (χ0) is 25.1. The molecule has 0 bridgehead atoms. The number of aromatic nitrogens is 4. The Morgan fingerprint density at radius 2 is 1.67 bits per heavy atom. The number of hydrogen-bond donors (Lipinski definition) is 1. The Labute approximate surface area is 222 Å². The molecule has 1 amide bonds. The van der Waals surface area contributed by atoms with Crippen molar-refractivity contribution >= 4 is 46.3 Å². The van der Waals surface area contributed by atoms with Gasteiger partial charge in [0.1, 0.15) is 10.7 Å². The lowest BCUT2D eigenvalue weighted by atomic mass is 10.2. The second kappa shape index (κ2) is 10.7. The number of thioether (sulfide) groups is 1. The minimum absolute atomic E-state index is 0.227. The van der Waals surface area contributed by atoms with Crippen molar-refractivity contribution < 1.29 is 4.79 Å². The normalized spacial score (nSPS) is 11.0. The quantitative estimate of drug-likeness (QED) is 0.225. The van der Waals surface area contributed by atoms with Gasteiger partial charge < -0.3 is 5.32 Å². The van der Waals surface area contributed by atoms with Gasteiger partial charge in [-0.3, -0.25) is 9.36 Å². The van der Waals surface area contributed by atoms with Crippen LogP contribution in [-0.4, -0.2) is 25.7 Å². The number of nitrogens with zero attached hydrogens (tertiary/aromatic N) is 4. The molecule has 0 unspecified atom stereocenters. The van der Waals surface area contributed by atoms with E-state index < -0.39 is 0 Å². The summed E-state index contributed by atoms with van der Waals surface area (Å²) in [5.41, 5.74) is 5.20. The number of amides is 1. The minimum atomic E-state index is -0.227. The molecule has 0 spiro atoms. The van der Waals surface area contributed by atoms with Crippen LogP contribution < -0.4 is 5.32 Å². The van der Waals surface area contributed by atoms with E-state index in [2.05, 4.69) is 39.6 Å². The van der Waals surface area contributed by atoms with Crippen molar-refractivity contribution in [2.45, 2.75) is 24.8 Å². The third-order valence-corrected chi connectivity index (χ3v) is 7.76. The molecule has 0 radical (unpaired) electrons. The molecule has 9 heteroatoms. The summed E-state index contributed by atoms with van der Waals surface area (Å²) in [6.07, 6.45) is 0. The summed E-state index contributed by atoms with van der Waals surface area (Å²) in [6.45, 7) is 4.06. The second-order valence-electron chi connectivity index (χ2n) is 8.19. The van der Waals surface area contributed by atoms with E-state index >= 15 is 0 Å². The van der Waals surface area contributed by atoms with E-state index in [1.54, 1.807) is 5.38 Å². The van der Waals surface area contributed by atoms with E-state index in [0.717, 1.165) is 32.7 Å². The molecule has 3 aromatic carbocycles. The molecule has 5 aromatic rings. The monoisotopic (exact) mass is 531 g/mol. The number of nitrogens with one attached hydrogen (secondary N) is 1. The molecule has 2 heterocycles. The Kier molecular flexibility index (Phi) is 7.18. The molecule has 0 atom stereocenters. The molecular formula is C27H22ClN5OS2. The van der Waals surface area contributed by atoms with Crippen LogP contribution in [0, 0.1) is 13.8 Å². The van der Waals surface area contributed by atoms with Crippen LogP contribution in [0.4, 0.5) is 5.69 Å². The molecule has 0 aliphatic heterocycles. The summed E-state index contributed by atoms with van der Waals surface area (Å²) >= 11 is 9.45. The van der Waals surface area contributed by atoms with E-state index in [4.69, 9.17) is 11.6 Å². The largest absolute Gasteiger partial charge is 0.321 e. The number of carbonyl (C=O) groups is 1. The number of halogens is 1. The maximum absolute atomic E-state index is 12.6. The van der Waals surface area contributed by atoms with Crippen molar-refractivity contribution in [3.05, 3.63) is 105 Å². The summed E-state index contributed by atoms with van der Waals surface area (Å²) in [6, 6.07) is 23.5. The van der Waals surface area contributed by atoms with E-state index in [1.165, 1.54) is 28.7 Å². The van der Waals surface area contributed by atoms with E-state index in [9.17, 15) is 4.79 Å². The Morgan fingerprint density at radius 3 is 2.39 bits per heavy atom. The number of benzene rings is 3. The predicted molar refractivity (Wildman–Crippen MR) is 147 cm³/mol. The molecular weight excluding hydrogens is 510 g/mol. The van der Waals surface area contributed by atoms with Crippen LogP contribution in [0.1, 0.15) is 26.6 Å². The van der Waals surface area contributed by atoms with Crippen LogP contribution >= 0.6 is 34.7 Å². The molecule has 1 N–H and O–H groups in total. The molecule has 180 valence electrons. The van der Waals surface area contributed by atoms with Crippen LogP contribution in [0.25, 0.3) is 17.1 Å². The van der Waals surface area contributed by atoms with E-state index in [1.807, 2.05) is 72.2 Å².